The predicted octanol–water partition coefficient (Wildman–Crippen LogP) is 2.98. The fraction of sp³-hybridized carbons (Fsp3) is 0.250. The van der Waals surface area contributed by atoms with E-state index < -0.39 is 4.92 Å². The van der Waals surface area contributed by atoms with Crippen LogP contribution in [0.15, 0.2) is 23.7 Å². The van der Waals surface area contributed by atoms with E-state index in [9.17, 15) is 10.1 Å². The van der Waals surface area contributed by atoms with Crippen LogP contribution < -0.4 is 10.1 Å². The van der Waals surface area contributed by atoms with Crippen molar-refractivity contribution in [1.29, 1.82) is 0 Å². The lowest BCUT2D eigenvalue weighted by molar-refractivity contribution is -0.385. The van der Waals surface area contributed by atoms with Crippen LogP contribution in [0.4, 0.5) is 11.4 Å². The summed E-state index contributed by atoms with van der Waals surface area (Å²) in [5, 5.41) is 14.0. The normalized spacial score (nSPS) is 10.2. The van der Waals surface area contributed by atoms with E-state index in [1.54, 1.807) is 29.0 Å². The van der Waals surface area contributed by atoms with Gasteiger partial charge in [0.2, 0.25) is 0 Å². The molecule has 6 nitrogen and oxygen atoms in total. The Bertz CT molecular complexity index is 598. The molecule has 0 amide bonds. The molecule has 1 aromatic heterocycles. The molecule has 0 atom stereocenters. The number of hydrogen-bond donors (Lipinski definition) is 1. The molecule has 0 saturated carbocycles. The Hall–Kier alpha value is -2.15. The number of aromatic nitrogens is 1. The topological polar surface area (TPSA) is 77.3 Å². The zero-order valence-electron chi connectivity index (χ0n) is 10.5. The Kier molecular flexibility index (Phi) is 3.96. The highest BCUT2D eigenvalue weighted by molar-refractivity contribution is 7.09. The van der Waals surface area contributed by atoms with Gasteiger partial charge in [0.15, 0.2) is 5.75 Å². The van der Waals surface area contributed by atoms with Gasteiger partial charge in [-0.05, 0) is 13.0 Å². The van der Waals surface area contributed by atoms with E-state index in [0.717, 1.165) is 16.3 Å². The summed E-state index contributed by atoms with van der Waals surface area (Å²) in [5.41, 5.74) is 3.52. The monoisotopic (exact) mass is 279 g/mol. The quantitative estimate of drug-likeness (QED) is 0.672. The lowest BCUT2D eigenvalue weighted by atomic mass is 10.2. The van der Waals surface area contributed by atoms with Gasteiger partial charge in [-0.15, -0.1) is 11.3 Å². The third-order valence-electron chi connectivity index (χ3n) is 2.67. The number of benzene rings is 1. The number of methoxy groups -OCH3 is 1. The second-order valence-electron chi connectivity index (χ2n) is 3.86. The van der Waals surface area contributed by atoms with Crippen LogP contribution >= 0.6 is 11.3 Å². The molecule has 0 aliphatic rings. The lowest BCUT2D eigenvalue weighted by Crippen LogP contribution is -2.00. The Labute approximate surface area is 114 Å². The van der Waals surface area contributed by atoms with Gasteiger partial charge in [0.05, 0.1) is 29.8 Å². The molecule has 1 aromatic carbocycles. The zero-order valence-corrected chi connectivity index (χ0v) is 11.4. The van der Waals surface area contributed by atoms with Gasteiger partial charge in [-0.1, -0.05) is 0 Å². The molecule has 0 unspecified atom stereocenters. The third kappa shape index (κ3) is 3.00. The van der Waals surface area contributed by atoms with Gasteiger partial charge >= 0.3 is 5.69 Å². The van der Waals surface area contributed by atoms with Crippen molar-refractivity contribution < 1.29 is 9.66 Å². The van der Waals surface area contributed by atoms with Gasteiger partial charge in [0.25, 0.3) is 0 Å². The number of thiazole rings is 1. The standard InChI is InChI=1S/C12H13N3O3S/c1-8-12(19-7-14-8)6-13-9-3-4-10(15(16)17)11(5-9)18-2/h3-5,7,13H,6H2,1-2H3. The number of anilines is 1. The van der Waals surface area contributed by atoms with E-state index in [1.165, 1.54) is 13.2 Å². The molecule has 2 aromatic rings. The van der Waals surface area contributed by atoms with Crippen molar-refractivity contribution in [2.24, 2.45) is 0 Å². The van der Waals surface area contributed by atoms with Crippen LogP contribution in [-0.4, -0.2) is 17.0 Å². The SMILES string of the molecule is COc1cc(NCc2scnc2C)ccc1[N+](=O)[O-]. The Morgan fingerprint density at radius 2 is 2.32 bits per heavy atom. The maximum atomic E-state index is 10.8. The first kappa shape index (κ1) is 13.3. The van der Waals surface area contributed by atoms with Crippen LogP contribution in [0.3, 0.4) is 0 Å². The number of nitro groups is 1. The van der Waals surface area contributed by atoms with E-state index in [1.807, 2.05) is 6.92 Å². The number of nitro benzene ring substituents is 1. The van der Waals surface area contributed by atoms with Crippen molar-refractivity contribution in [3.63, 3.8) is 0 Å². The summed E-state index contributed by atoms with van der Waals surface area (Å²) in [4.78, 5) is 15.6. The van der Waals surface area contributed by atoms with Gasteiger partial charge in [-0.25, -0.2) is 4.98 Å². The molecule has 0 saturated heterocycles. The van der Waals surface area contributed by atoms with Gasteiger partial charge in [0, 0.05) is 22.7 Å². The first-order valence-electron chi connectivity index (χ1n) is 5.57. The highest BCUT2D eigenvalue weighted by atomic mass is 32.1. The summed E-state index contributed by atoms with van der Waals surface area (Å²) >= 11 is 1.57. The fourth-order valence-corrected chi connectivity index (χ4v) is 2.33. The molecule has 0 spiro atoms. The first-order chi connectivity index (χ1) is 9.11. The minimum Gasteiger partial charge on any atom is -0.490 e. The van der Waals surface area contributed by atoms with Crippen LogP contribution in [0.2, 0.25) is 0 Å². The summed E-state index contributed by atoms with van der Waals surface area (Å²) in [6.45, 7) is 2.58. The van der Waals surface area contributed by atoms with E-state index >= 15 is 0 Å². The molecule has 100 valence electrons. The van der Waals surface area contributed by atoms with Gasteiger partial charge in [0.1, 0.15) is 0 Å². The Morgan fingerprint density at radius 1 is 1.53 bits per heavy atom. The van der Waals surface area contributed by atoms with Crippen LogP contribution in [0, 0.1) is 17.0 Å². The molecule has 0 aliphatic heterocycles. The van der Waals surface area contributed by atoms with E-state index in [-0.39, 0.29) is 11.4 Å². The summed E-state index contributed by atoms with van der Waals surface area (Å²) < 4.78 is 5.02. The molecule has 0 radical (unpaired) electrons. The highest BCUT2D eigenvalue weighted by Gasteiger charge is 2.14. The molecule has 1 heterocycles. The van der Waals surface area contributed by atoms with Crippen LogP contribution in [0.25, 0.3) is 0 Å². The molecule has 19 heavy (non-hydrogen) atoms. The van der Waals surface area contributed by atoms with Crippen molar-refractivity contribution in [3.8, 4) is 5.75 Å². The molecule has 0 bridgehead atoms. The van der Waals surface area contributed by atoms with E-state index in [0.29, 0.717) is 6.54 Å². The van der Waals surface area contributed by atoms with Crippen molar-refractivity contribution in [2.45, 2.75) is 13.5 Å². The average molecular weight is 279 g/mol. The summed E-state index contributed by atoms with van der Waals surface area (Å²) in [6.07, 6.45) is 0. The average Bonchev–Trinajstić information content (AvgIpc) is 2.81. The van der Waals surface area contributed by atoms with Crippen molar-refractivity contribution in [3.05, 3.63) is 44.4 Å². The maximum absolute atomic E-state index is 10.8. The summed E-state index contributed by atoms with van der Waals surface area (Å²) in [5.74, 6) is 0.246. The van der Waals surface area contributed by atoms with Crippen LogP contribution in [-0.2, 0) is 6.54 Å². The van der Waals surface area contributed by atoms with Gasteiger partial charge in [-0.2, -0.15) is 0 Å². The predicted molar refractivity (Wildman–Crippen MR) is 73.8 cm³/mol. The van der Waals surface area contributed by atoms with Gasteiger partial charge in [-0.3, -0.25) is 10.1 Å². The Morgan fingerprint density at radius 3 is 2.89 bits per heavy atom. The molecule has 1 N–H and O–H groups in total. The maximum Gasteiger partial charge on any atom is 0.311 e. The van der Waals surface area contributed by atoms with Crippen LogP contribution in [0.1, 0.15) is 10.6 Å². The number of aryl methyl sites for hydroxylation is 1. The number of nitrogens with one attached hydrogen (secondary N) is 1. The van der Waals surface area contributed by atoms with Gasteiger partial charge < -0.3 is 10.1 Å². The van der Waals surface area contributed by atoms with E-state index in [4.69, 9.17) is 4.74 Å². The zero-order chi connectivity index (χ0) is 13.8. The summed E-state index contributed by atoms with van der Waals surface area (Å²) in [7, 11) is 1.42. The minimum atomic E-state index is -0.462. The fourth-order valence-electron chi connectivity index (χ4n) is 1.62. The first-order valence-corrected chi connectivity index (χ1v) is 6.45. The molecular weight excluding hydrogens is 266 g/mol. The molecule has 0 aliphatic carbocycles. The largest absolute Gasteiger partial charge is 0.490 e. The van der Waals surface area contributed by atoms with Crippen molar-refractivity contribution in [2.75, 3.05) is 12.4 Å². The highest BCUT2D eigenvalue weighted by Crippen LogP contribution is 2.30. The molecular formula is C12H13N3O3S. The molecule has 2 rings (SSSR count). The van der Waals surface area contributed by atoms with Crippen molar-refractivity contribution >= 4 is 22.7 Å². The molecule has 7 heteroatoms. The summed E-state index contributed by atoms with van der Waals surface area (Å²) in [6, 6.07) is 4.71. The number of nitrogens with zero attached hydrogens (tertiary/aromatic N) is 2. The third-order valence-corrected chi connectivity index (χ3v) is 3.61. The van der Waals surface area contributed by atoms with Crippen LogP contribution in [0.5, 0.6) is 5.75 Å². The number of rotatable bonds is 5. The number of hydrogen-bond acceptors (Lipinski definition) is 6. The molecule has 0 fully saturated rings. The smallest absolute Gasteiger partial charge is 0.311 e. The minimum absolute atomic E-state index is 0.0398. The second kappa shape index (κ2) is 5.66. The number of ether oxygens (including phenoxy) is 1. The second-order valence-corrected chi connectivity index (χ2v) is 4.80. The Balaban J connectivity index is 2.13. The van der Waals surface area contributed by atoms with Crippen molar-refractivity contribution in [1.82, 2.24) is 4.98 Å². The van der Waals surface area contributed by atoms with E-state index in [2.05, 4.69) is 10.3 Å². The lowest BCUT2D eigenvalue weighted by Gasteiger charge is -2.07.